The van der Waals surface area contributed by atoms with Gasteiger partial charge in [0.15, 0.2) is 0 Å². The van der Waals surface area contributed by atoms with Crippen molar-refractivity contribution in [3.8, 4) is 0 Å². The first-order chi connectivity index (χ1) is 14.6. The summed E-state index contributed by atoms with van der Waals surface area (Å²) >= 11 is 0. The molecule has 0 aromatic rings. The highest BCUT2D eigenvalue weighted by Crippen LogP contribution is 2.20. The predicted molar refractivity (Wildman–Crippen MR) is 125 cm³/mol. The van der Waals surface area contributed by atoms with Crippen molar-refractivity contribution in [2.45, 2.75) is 148 Å². The van der Waals surface area contributed by atoms with E-state index in [0.29, 0.717) is 6.42 Å². The van der Waals surface area contributed by atoms with Crippen molar-refractivity contribution < 1.29 is 14.7 Å². The highest BCUT2D eigenvalue weighted by molar-refractivity contribution is 6.03. The Hall–Kier alpha value is -0.900. The lowest BCUT2D eigenvalue weighted by Gasteiger charge is -2.13. The number of carbonyl (C=O) groups excluding carboxylic acids is 2. The summed E-state index contributed by atoms with van der Waals surface area (Å²) in [6, 6.07) is 0. The summed E-state index contributed by atoms with van der Waals surface area (Å²) in [5.74, 6) is -0.731. The SMILES string of the molecule is CCCCCCCCCCCCCCCCCCCCC(O)CC1CC(=O)NC1=O. The van der Waals surface area contributed by atoms with Crippen LogP contribution in [0.2, 0.25) is 0 Å². The maximum atomic E-state index is 11.5. The fraction of sp³-hybridized carbons (Fsp3) is 0.923. The van der Waals surface area contributed by atoms with E-state index in [1.807, 2.05) is 0 Å². The second-order valence-electron chi connectivity index (χ2n) is 9.50. The van der Waals surface area contributed by atoms with Crippen LogP contribution in [0.25, 0.3) is 0 Å². The van der Waals surface area contributed by atoms with Crippen LogP contribution in [-0.4, -0.2) is 23.0 Å². The number of nitrogens with one attached hydrogen (secondary N) is 1. The molecule has 0 aromatic carbocycles. The van der Waals surface area contributed by atoms with Crippen LogP contribution in [0.3, 0.4) is 0 Å². The predicted octanol–water partition coefficient (Wildman–Crippen LogP) is 6.83. The number of unbranched alkanes of at least 4 members (excludes halogenated alkanes) is 17. The van der Waals surface area contributed by atoms with E-state index in [2.05, 4.69) is 12.2 Å². The largest absolute Gasteiger partial charge is 0.393 e. The molecule has 0 bridgehead atoms. The number of aliphatic hydroxyl groups is 1. The van der Waals surface area contributed by atoms with Crippen LogP contribution in [0.4, 0.5) is 0 Å². The molecule has 0 radical (unpaired) electrons. The second-order valence-corrected chi connectivity index (χ2v) is 9.50. The average molecular weight is 424 g/mol. The van der Waals surface area contributed by atoms with Crippen LogP contribution >= 0.6 is 0 Å². The van der Waals surface area contributed by atoms with Gasteiger partial charge in [-0.2, -0.15) is 0 Å². The van der Waals surface area contributed by atoms with Crippen LogP contribution in [0, 0.1) is 5.92 Å². The number of rotatable bonds is 21. The topological polar surface area (TPSA) is 66.4 Å². The highest BCUT2D eigenvalue weighted by Gasteiger charge is 2.31. The van der Waals surface area contributed by atoms with Gasteiger partial charge < -0.3 is 5.11 Å². The van der Waals surface area contributed by atoms with Crippen molar-refractivity contribution in [2.24, 2.45) is 5.92 Å². The van der Waals surface area contributed by atoms with E-state index in [1.54, 1.807) is 0 Å². The van der Waals surface area contributed by atoms with Crippen molar-refractivity contribution in [3.05, 3.63) is 0 Å². The third-order valence-electron chi connectivity index (χ3n) is 6.51. The van der Waals surface area contributed by atoms with Gasteiger partial charge in [-0.3, -0.25) is 14.9 Å². The number of hydrogen-bond donors (Lipinski definition) is 2. The van der Waals surface area contributed by atoms with E-state index in [9.17, 15) is 14.7 Å². The molecule has 1 heterocycles. The summed E-state index contributed by atoms with van der Waals surface area (Å²) in [5.41, 5.74) is 0. The maximum absolute atomic E-state index is 11.5. The lowest BCUT2D eigenvalue weighted by atomic mass is 9.96. The molecule has 1 fully saturated rings. The van der Waals surface area contributed by atoms with Crippen molar-refractivity contribution in [3.63, 3.8) is 0 Å². The highest BCUT2D eigenvalue weighted by atomic mass is 16.3. The number of hydrogen-bond acceptors (Lipinski definition) is 3. The van der Waals surface area contributed by atoms with Crippen molar-refractivity contribution in [1.82, 2.24) is 5.32 Å². The first kappa shape index (κ1) is 27.1. The summed E-state index contributed by atoms with van der Waals surface area (Å²) in [6.45, 7) is 2.28. The van der Waals surface area contributed by atoms with Gasteiger partial charge in [-0.1, -0.05) is 122 Å². The molecule has 1 rings (SSSR count). The smallest absolute Gasteiger partial charge is 0.230 e. The Balaban J connectivity index is 1.74. The maximum Gasteiger partial charge on any atom is 0.230 e. The minimum atomic E-state index is -0.451. The van der Waals surface area contributed by atoms with E-state index in [4.69, 9.17) is 0 Å². The Morgan fingerprint density at radius 3 is 1.50 bits per heavy atom. The van der Waals surface area contributed by atoms with E-state index < -0.39 is 6.10 Å². The molecule has 2 amide bonds. The molecule has 0 aliphatic carbocycles. The summed E-state index contributed by atoms with van der Waals surface area (Å²) in [5, 5.41) is 12.4. The van der Waals surface area contributed by atoms with Crippen LogP contribution in [-0.2, 0) is 9.59 Å². The van der Waals surface area contributed by atoms with Crippen molar-refractivity contribution in [1.29, 1.82) is 0 Å². The van der Waals surface area contributed by atoms with Crippen LogP contribution in [0.5, 0.6) is 0 Å². The molecular weight excluding hydrogens is 374 g/mol. The second kappa shape index (κ2) is 18.8. The van der Waals surface area contributed by atoms with Gasteiger partial charge in [-0.25, -0.2) is 0 Å². The molecule has 176 valence electrons. The van der Waals surface area contributed by atoms with Gasteiger partial charge in [-0.15, -0.1) is 0 Å². The molecule has 4 nitrogen and oxygen atoms in total. The average Bonchev–Trinajstić information content (AvgIpc) is 3.03. The van der Waals surface area contributed by atoms with Crippen molar-refractivity contribution in [2.75, 3.05) is 0 Å². The number of amides is 2. The zero-order chi connectivity index (χ0) is 21.9. The number of carbonyl (C=O) groups is 2. The Labute approximate surface area is 186 Å². The molecule has 2 atom stereocenters. The van der Waals surface area contributed by atoms with Crippen LogP contribution in [0.15, 0.2) is 0 Å². The first-order valence-electron chi connectivity index (χ1n) is 13.1. The standard InChI is InChI=1S/C26H49NO3/c1-2-3-4-5-6-7-8-9-10-11-12-13-14-15-16-17-18-19-20-24(28)21-23-22-25(29)27-26(23)30/h23-24,28H,2-22H2,1H3,(H,27,29,30). The first-order valence-corrected chi connectivity index (χ1v) is 13.1. The van der Waals surface area contributed by atoms with Gasteiger partial charge in [0.2, 0.25) is 11.8 Å². The minimum Gasteiger partial charge on any atom is -0.393 e. The van der Waals surface area contributed by atoms with Crippen molar-refractivity contribution >= 4 is 11.8 Å². The molecule has 1 saturated heterocycles. The molecule has 1 aliphatic rings. The van der Waals surface area contributed by atoms with Crippen LogP contribution < -0.4 is 5.32 Å². The Morgan fingerprint density at radius 2 is 1.13 bits per heavy atom. The monoisotopic (exact) mass is 423 g/mol. The van der Waals surface area contributed by atoms with Gasteiger partial charge in [0.1, 0.15) is 0 Å². The number of aliphatic hydroxyl groups excluding tert-OH is 1. The third kappa shape index (κ3) is 15.0. The van der Waals surface area contributed by atoms with Gasteiger partial charge in [0.05, 0.1) is 6.10 Å². The fourth-order valence-corrected chi connectivity index (χ4v) is 4.53. The molecule has 4 heteroatoms. The van der Waals surface area contributed by atoms with Gasteiger partial charge in [-0.05, 0) is 12.8 Å². The van der Waals surface area contributed by atoms with Crippen LogP contribution in [0.1, 0.15) is 142 Å². The molecule has 0 saturated carbocycles. The Bertz CT molecular complexity index is 438. The summed E-state index contributed by atoms with van der Waals surface area (Å²) in [6.07, 6.45) is 25.4. The molecule has 0 aromatic heterocycles. The fourth-order valence-electron chi connectivity index (χ4n) is 4.53. The van der Waals surface area contributed by atoms with E-state index in [0.717, 1.165) is 19.3 Å². The Kier molecular flexibility index (Phi) is 17.0. The zero-order valence-electron chi connectivity index (χ0n) is 19.8. The quantitative estimate of drug-likeness (QED) is 0.157. The third-order valence-corrected chi connectivity index (χ3v) is 6.51. The zero-order valence-corrected chi connectivity index (χ0v) is 19.8. The Morgan fingerprint density at radius 1 is 0.733 bits per heavy atom. The molecular formula is C26H49NO3. The lowest BCUT2D eigenvalue weighted by Crippen LogP contribution is -2.24. The molecule has 2 N–H and O–H groups in total. The molecule has 30 heavy (non-hydrogen) atoms. The molecule has 0 spiro atoms. The summed E-state index contributed by atoms with van der Waals surface area (Å²) in [7, 11) is 0. The van der Waals surface area contributed by atoms with Gasteiger partial charge >= 0.3 is 0 Å². The lowest BCUT2D eigenvalue weighted by molar-refractivity contribution is -0.126. The van der Waals surface area contributed by atoms with Gasteiger partial charge in [0, 0.05) is 12.3 Å². The van der Waals surface area contributed by atoms with E-state index >= 15 is 0 Å². The summed E-state index contributed by atoms with van der Waals surface area (Å²) < 4.78 is 0. The molecule has 2 unspecified atom stereocenters. The van der Waals surface area contributed by atoms with E-state index in [-0.39, 0.29) is 24.2 Å². The number of imide groups is 1. The van der Waals surface area contributed by atoms with Gasteiger partial charge in [0.25, 0.3) is 0 Å². The van der Waals surface area contributed by atoms with E-state index in [1.165, 1.54) is 103 Å². The minimum absolute atomic E-state index is 0.203. The summed E-state index contributed by atoms with van der Waals surface area (Å²) in [4.78, 5) is 22.7. The normalized spacial score (nSPS) is 17.5. The molecule has 1 aliphatic heterocycles.